The molecule has 8 heteroatoms. The normalized spacial score (nSPS) is 21.0. The van der Waals surface area contributed by atoms with Crippen molar-refractivity contribution in [3.05, 3.63) is 23.8 Å². The quantitative estimate of drug-likeness (QED) is 0.579. The number of hydrogen-bond donors (Lipinski definition) is 1. The highest BCUT2D eigenvalue weighted by atomic mass is 16.5. The number of likely N-dealkylation sites (tertiary alicyclic amines) is 1. The lowest BCUT2D eigenvalue weighted by Gasteiger charge is -2.41. The number of carbonyl (C=O) groups excluding carboxylic acids is 2. The molecule has 194 valence electrons. The Labute approximate surface area is 209 Å². The summed E-state index contributed by atoms with van der Waals surface area (Å²) in [4.78, 5) is 33.2. The van der Waals surface area contributed by atoms with E-state index in [1.165, 1.54) is 32.1 Å². The zero-order valence-electron chi connectivity index (χ0n) is 21.5. The first-order chi connectivity index (χ1) is 17.1. The molecule has 0 radical (unpaired) electrons. The summed E-state index contributed by atoms with van der Waals surface area (Å²) in [6.07, 6.45) is 8.51. The molecule has 1 aromatic carbocycles. The average Bonchev–Trinajstić information content (AvgIpc) is 3.43. The molecule has 0 bridgehead atoms. The van der Waals surface area contributed by atoms with Gasteiger partial charge in [-0.2, -0.15) is 0 Å². The molecule has 2 saturated heterocycles. The molecule has 35 heavy (non-hydrogen) atoms. The van der Waals surface area contributed by atoms with Crippen LogP contribution in [0.15, 0.2) is 18.2 Å². The number of nitrogens with zero attached hydrogens (tertiary/aromatic N) is 3. The maximum atomic E-state index is 13.4. The third-order valence-electron chi connectivity index (χ3n) is 7.88. The maximum Gasteiger partial charge on any atom is 0.254 e. The lowest BCUT2D eigenvalue weighted by atomic mass is 9.95. The van der Waals surface area contributed by atoms with Gasteiger partial charge in [0.2, 0.25) is 5.91 Å². The van der Waals surface area contributed by atoms with Crippen molar-refractivity contribution in [3.8, 4) is 11.5 Å². The Morgan fingerprint density at radius 2 is 1.51 bits per heavy atom. The molecule has 1 N–H and O–H groups in total. The van der Waals surface area contributed by atoms with Crippen molar-refractivity contribution >= 4 is 11.8 Å². The van der Waals surface area contributed by atoms with Crippen molar-refractivity contribution in [3.63, 3.8) is 0 Å². The minimum Gasteiger partial charge on any atom is -0.497 e. The third kappa shape index (κ3) is 6.67. The van der Waals surface area contributed by atoms with Crippen LogP contribution in [-0.4, -0.2) is 99.1 Å². The molecule has 8 nitrogen and oxygen atoms in total. The number of benzene rings is 1. The first kappa shape index (κ1) is 25.8. The number of nitrogens with one attached hydrogen (secondary N) is 1. The molecular formula is C27H42N4O4. The fourth-order valence-electron chi connectivity index (χ4n) is 5.89. The third-order valence-corrected chi connectivity index (χ3v) is 7.88. The van der Waals surface area contributed by atoms with Gasteiger partial charge in [-0.05, 0) is 56.8 Å². The number of ether oxygens (including phenoxy) is 2. The summed E-state index contributed by atoms with van der Waals surface area (Å²) in [5.74, 6) is 1.77. The summed E-state index contributed by atoms with van der Waals surface area (Å²) >= 11 is 0. The Hall–Kier alpha value is -2.32. The number of piperazine rings is 1. The van der Waals surface area contributed by atoms with Gasteiger partial charge in [0.25, 0.3) is 5.91 Å². The number of amides is 2. The Morgan fingerprint density at radius 3 is 2.11 bits per heavy atom. The minimum atomic E-state index is -0.0898. The lowest BCUT2D eigenvalue weighted by Crippen LogP contribution is -2.58. The van der Waals surface area contributed by atoms with Crippen molar-refractivity contribution < 1.29 is 19.1 Å². The summed E-state index contributed by atoms with van der Waals surface area (Å²) < 4.78 is 10.7. The smallest absolute Gasteiger partial charge is 0.254 e. The standard InChI is InChI=1S/C27H42N4O4/c1-34-23-18-22(19-24(20-23)35-2)27(33)31-16-14-30(15-17-31)25(21-8-4-5-9-21)26(32)28-10-13-29-11-6-3-7-12-29/h18-21,25H,3-17H2,1-2H3,(H,28,32). The molecule has 0 spiro atoms. The molecule has 1 unspecified atom stereocenters. The highest BCUT2D eigenvalue weighted by Crippen LogP contribution is 2.31. The van der Waals surface area contributed by atoms with Crippen molar-refractivity contribution in [1.29, 1.82) is 0 Å². The largest absolute Gasteiger partial charge is 0.497 e. The van der Waals surface area contributed by atoms with Crippen LogP contribution in [0, 0.1) is 5.92 Å². The number of carbonyl (C=O) groups is 2. The maximum absolute atomic E-state index is 13.4. The molecule has 1 aliphatic carbocycles. The van der Waals surface area contributed by atoms with E-state index in [0.29, 0.717) is 49.2 Å². The van der Waals surface area contributed by atoms with Gasteiger partial charge in [0.05, 0.1) is 20.3 Å². The highest BCUT2D eigenvalue weighted by molar-refractivity contribution is 5.95. The van der Waals surface area contributed by atoms with Crippen LogP contribution in [0.5, 0.6) is 11.5 Å². The van der Waals surface area contributed by atoms with E-state index in [4.69, 9.17) is 9.47 Å². The predicted molar refractivity (Wildman–Crippen MR) is 136 cm³/mol. The van der Waals surface area contributed by atoms with Crippen molar-refractivity contribution in [2.45, 2.75) is 51.0 Å². The van der Waals surface area contributed by atoms with Crippen molar-refractivity contribution in [2.24, 2.45) is 5.92 Å². The van der Waals surface area contributed by atoms with E-state index in [2.05, 4.69) is 15.1 Å². The van der Waals surface area contributed by atoms with Crippen LogP contribution in [0.25, 0.3) is 0 Å². The van der Waals surface area contributed by atoms with E-state index in [-0.39, 0.29) is 17.9 Å². The Bertz CT molecular complexity index is 821. The Balaban J connectivity index is 1.34. The zero-order chi connectivity index (χ0) is 24.6. The van der Waals surface area contributed by atoms with Gasteiger partial charge in [0, 0.05) is 50.9 Å². The molecule has 0 aromatic heterocycles. The highest BCUT2D eigenvalue weighted by Gasteiger charge is 2.37. The fraction of sp³-hybridized carbons (Fsp3) is 0.704. The molecule has 1 atom stereocenters. The summed E-state index contributed by atoms with van der Waals surface area (Å²) in [5.41, 5.74) is 0.567. The van der Waals surface area contributed by atoms with Crippen LogP contribution < -0.4 is 14.8 Å². The molecule has 2 amide bonds. The van der Waals surface area contributed by atoms with Crippen LogP contribution in [0.1, 0.15) is 55.3 Å². The van der Waals surface area contributed by atoms with Gasteiger partial charge < -0.3 is 24.6 Å². The summed E-state index contributed by atoms with van der Waals surface area (Å²) in [6.45, 7) is 6.62. The zero-order valence-corrected chi connectivity index (χ0v) is 21.5. The van der Waals surface area contributed by atoms with Crippen molar-refractivity contribution in [1.82, 2.24) is 20.0 Å². The molecule has 1 aromatic rings. The molecule has 2 heterocycles. The number of hydrogen-bond acceptors (Lipinski definition) is 6. The summed E-state index contributed by atoms with van der Waals surface area (Å²) in [5, 5.41) is 3.26. The fourth-order valence-corrected chi connectivity index (χ4v) is 5.89. The van der Waals surface area contributed by atoms with E-state index < -0.39 is 0 Å². The van der Waals surface area contributed by atoms with Gasteiger partial charge in [-0.1, -0.05) is 19.3 Å². The summed E-state index contributed by atoms with van der Waals surface area (Å²) in [7, 11) is 3.17. The van der Waals surface area contributed by atoms with Crippen LogP contribution >= 0.6 is 0 Å². The second kappa shape index (κ2) is 12.6. The van der Waals surface area contributed by atoms with Crippen LogP contribution in [-0.2, 0) is 4.79 Å². The average molecular weight is 487 g/mol. The van der Waals surface area contributed by atoms with Crippen LogP contribution in [0.2, 0.25) is 0 Å². The monoisotopic (exact) mass is 486 g/mol. The Morgan fingerprint density at radius 1 is 0.886 bits per heavy atom. The van der Waals surface area contributed by atoms with Crippen LogP contribution in [0.4, 0.5) is 0 Å². The molecule has 1 saturated carbocycles. The molecule has 3 aliphatic rings. The van der Waals surface area contributed by atoms with Gasteiger partial charge in [-0.25, -0.2) is 0 Å². The van der Waals surface area contributed by atoms with E-state index in [1.807, 2.05) is 4.90 Å². The second-order valence-electron chi connectivity index (χ2n) is 10.1. The molecule has 3 fully saturated rings. The van der Waals surface area contributed by atoms with Gasteiger partial charge in [0.1, 0.15) is 11.5 Å². The van der Waals surface area contributed by atoms with E-state index in [1.54, 1.807) is 32.4 Å². The van der Waals surface area contributed by atoms with E-state index >= 15 is 0 Å². The van der Waals surface area contributed by atoms with Gasteiger partial charge in [0.15, 0.2) is 0 Å². The number of rotatable bonds is 9. The van der Waals surface area contributed by atoms with E-state index in [9.17, 15) is 9.59 Å². The predicted octanol–water partition coefficient (Wildman–Crippen LogP) is 2.62. The SMILES string of the molecule is COc1cc(OC)cc(C(=O)N2CCN(C(C(=O)NCCN3CCCCC3)C3CCCC3)CC2)c1. The number of methoxy groups -OCH3 is 2. The topological polar surface area (TPSA) is 74.3 Å². The van der Waals surface area contributed by atoms with Gasteiger partial charge in [-0.15, -0.1) is 0 Å². The Kier molecular flexibility index (Phi) is 9.26. The summed E-state index contributed by atoms with van der Waals surface area (Å²) in [6, 6.07) is 5.20. The van der Waals surface area contributed by atoms with Gasteiger partial charge in [-0.3, -0.25) is 14.5 Å². The van der Waals surface area contributed by atoms with Gasteiger partial charge >= 0.3 is 0 Å². The molecular weight excluding hydrogens is 444 g/mol. The first-order valence-electron chi connectivity index (χ1n) is 13.4. The second-order valence-corrected chi connectivity index (χ2v) is 10.1. The minimum absolute atomic E-state index is 0.0229. The van der Waals surface area contributed by atoms with Crippen molar-refractivity contribution in [2.75, 3.05) is 66.6 Å². The molecule has 2 aliphatic heterocycles. The van der Waals surface area contributed by atoms with E-state index in [0.717, 1.165) is 39.0 Å². The first-order valence-corrected chi connectivity index (χ1v) is 13.4. The number of piperidine rings is 1. The lowest BCUT2D eigenvalue weighted by molar-refractivity contribution is -0.129. The molecule has 4 rings (SSSR count). The van der Waals surface area contributed by atoms with Crippen LogP contribution in [0.3, 0.4) is 0 Å².